The molecule has 2 N–H and O–H groups in total. The van der Waals surface area contributed by atoms with E-state index in [4.69, 9.17) is 9.84 Å². The molecule has 0 saturated heterocycles. The van der Waals surface area contributed by atoms with Gasteiger partial charge in [-0.25, -0.2) is 9.59 Å². The molecule has 2 rings (SSSR count). The summed E-state index contributed by atoms with van der Waals surface area (Å²) in [7, 11) is 0. The number of benzene rings is 1. The largest absolute Gasteiger partial charge is 0.478 e. The van der Waals surface area contributed by atoms with Crippen LogP contribution in [0.2, 0.25) is 0 Å². The molecule has 0 aliphatic carbocycles. The van der Waals surface area contributed by atoms with E-state index < -0.39 is 11.9 Å². The third-order valence-corrected chi connectivity index (χ3v) is 1.94. The molecule has 0 aliphatic rings. The number of aromatic carboxylic acids is 1. The maximum absolute atomic E-state index is 11.6. The third kappa shape index (κ3) is 2.46. The van der Waals surface area contributed by atoms with Crippen molar-refractivity contribution in [1.82, 2.24) is 15.4 Å². The van der Waals surface area contributed by atoms with Crippen LogP contribution < -0.4 is 4.74 Å². The van der Waals surface area contributed by atoms with Gasteiger partial charge in [0.05, 0.1) is 11.1 Å². The van der Waals surface area contributed by atoms with Crippen LogP contribution in [0.25, 0.3) is 0 Å². The molecule has 2 aromatic rings. The number of nitrogens with zero attached hydrogens (tertiary/aromatic N) is 2. The fourth-order valence-electron chi connectivity index (χ4n) is 1.17. The first kappa shape index (κ1) is 10.8. The van der Waals surface area contributed by atoms with Gasteiger partial charge in [0.2, 0.25) is 0 Å². The topological polar surface area (TPSA) is 105 Å². The molecule has 0 unspecified atom stereocenters. The number of aromatic nitrogens is 3. The Bertz CT molecular complexity index is 550. The Hall–Kier alpha value is -2.70. The number of H-pyrrole nitrogens is 1. The number of nitrogens with one attached hydrogen (secondary N) is 1. The van der Waals surface area contributed by atoms with Crippen molar-refractivity contribution in [2.45, 2.75) is 0 Å². The Labute approximate surface area is 95.0 Å². The van der Waals surface area contributed by atoms with Crippen molar-refractivity contribution < 1.29 is 19.4 Å². The summed E-state index contributed by atoms with van der Waals surface area (Å²) in [5, 5.41) is 18.1. The second-order valence-electron chi connectivity index (χ2n) is 3.08. The number of carboxylic acids is 1. The molecule has 0 radical (unpaired) electrons. The Morgan fingerprint density at radius 2 is 2.06 bits per heavy atom. The van der Waals surface area contributed by atoms with E-state index >= 15 is 0 Å². The highest BCUT2D eigenvalue weighted by Crippen LogP contribution is 2.09. The molecule has 0 fully saturated rings. The normalized spacial score (nSPS) is 9.88. The number of carbonyl (C=O) groups excluding carboxylic acids is 1. The monoisotopic (exact) mass is 233 g/mol. The molecule has 0 amide bonds. The molecule has 86 valence electrons. The highest BCUT2D eigenvalue weighted by molar-refractivity contribution is 5.95. The van der Waals surface area contributed by atoms with Gasteiger partial charge in [-0.15, -0.1) is 5.10 Å². The SMILES string of the molecule is O=C(O)c1cccc(C(=O)Oc2cn[nH]n2)c1. The number of ether oxygens (including phenoxy) is 1. The highest BCUT2D eigenvalue weighted by Gasteiger charge is 2.12. The predicted octanol–water partition coefficient (Wildman–Crippen LogP) is 0.722. The minimum Gasteiger partial charge on any atom is -0.478 e. The summed E-state index contributed by atoms with van der Waals surface area (Å²) < 4.78 is 4.84. The number of carboxylic acid groups (broad SMARTS) is 1. The van der Waals surface area contributed by atoms with Crippen LogP contribution in [0, 0.1) is 0 Å². The van der Waals surface area contributed by atoms with Gasteiger partial charge in [0.1, 0.15) is 6.20 Å². The van der Waals surface area contributed by atoms with E-state index in [-0.39, 0.29) is 17.0 Å². The number of aromatic amines is 1. The van der Waals surface area contributed by atoms with Gasteiger partial charge in [0, 0.05) is 0 Å². The van der Waals surface area contributed by atoms with Gasteiger partial charge in [-0.3, -0.25) is 0 Å². The molecule has 7 nitrogen and oxygen atoms in total. The molecule has 0 saturated carbocycles. The number of esters is 1. The van der Waals surface area contributed by atoms with Crippen molar-refractivity contribution in [2.75, 3.05) is 0 Å². The predicted molar refractivity (Wildman–Crippen MR) is 54.7 cm³/mol. The molecule has 0 bridgehead atoms. The zero-order valence-electron chi connectivity index (χ0n) is 8.45. The van der Waals surface area contributed by atoms with Gasteiger partial charge < -0.3 is 9.84 Å². The van der Waals surface area contributed by atoms with Crippen LogP contribution in [-0.2, 0) is 0 Å². The fraction of sp³-hybridized carbons (Fsp3) is 0. The van der Waals surface area contributed by atoms with Crippen LogP contribution in [-0.4, -0.2) is 32.5 Å². The molecular formula is C10H7N3O4. The first-order valence-electron chi connectivity index (χ1n) is 4.58. The molecule has 17 heavy (non-hydrogen) atoms. The van der Waals surface area contributed by atoms with Gasteiger partial charge in [0.15, 0.2) is 0 Å². The maximum atomic E-state index is 11.6. The smallest absolute Gasteiger partial charge is 0.344 e. The summed E-state index contributed by atoms with van der Waals surface area (Å²) in [6, 6.07) is 5.53. The lowest BCUT2D eigenvalue weighted by molar-refractivity contribution is 0.0697. The summed E-state index contributed by atoms with van der Waals surface area (Å²) in [5.74, 6) is -1.78. The van der Waals surface area contributed by atoms with Crippen molar-refractivity contribution in [1.29, 1.82) is 0 Å². The van der Waals surface area contributed by atoms with E-state index in [0.717, 1.165) is 0 Å². The summed E-state index contributed by atoms with van der Waals surface area (Å²) >= 11 is 0. The summed E-state index contributed by atoms with van der Waals surface area (Å²) in [5.41, 5.74) is 0.146. The molecular weight excluding hydrogens is 226 g/mol. The molecule has 0 aliphatic heterocycles. The summed E-state index contributed by atoms with van der Waals surface area (Å²) in [4.78, 5) is 22.3. The standard InChI is InChI=1S/C10H7N3O4/c14-9(15)6-2-1-3-7(4-6)10(16)17-8-5-11-13-12-8/h1-5H,(H,14,15)(H,11,12,13). The van der Waals surface area contributed by atoms with Crippen LogP contribution in [0.4, 0.5) is 0 Å². The van der Waals surface area contributed by atoms with E-state index in [9.17, 15) is 9.59 Å². The van der Waals surface area contributed by atoms with Gasteiger partial charge in [-0.05, 0) is 18.2 Å². The lowest BCUT2D eigenvalue weighted by atomic mass is 10.1. The van der Waals surface area contributed by atoms with Crippen LogP contribution in [0.1, 0.15) is 20.7 Å². The van der Waals surface area contributed by atoms with Crippen molar-refractivity contribution >= 4 is 11.9 Å². The minimum absolute atomic E-state index is 0.0135. The molecule has 1 aromatic carbocycles. The van der Waals surface area contributed by atoms with E-state index in [1.165, 1.54) is 30.5 Å². The quantitative estimate of drug-likeness (QED) is 0.757. The second-order valence-corrected chi connectivity index (χ2v) is 3.08. The zero-order chi connectivity index (χ0) is 12.3. The average Bonchev–Trinajstić information content (AvgIpc) is 2.82. The lowest BCUT2D eigenvalue weighted by Crippen LogP contribution is -2.10. The molecule has 1 aromatic heterocycles. The van der Waals surface area contributed by atoms with Crippen molar-refractivity contribution in [3.63, 3.8) is 0 Å². The average molecular weight is 233 g/mol. The highest BCUT2D eigenvalue weighted by atomic mass is 16.5. The minimum atomic E-state index is -1.11. The fourth-order valence-corrected chi connectivity index (χ4v) is 1.17. The van der Waals surface area contributed by atoms with Gasteiger partial charge in [0.25, 0.3) is 5.88 Å². The Morgan fingerprint density at radius 1 is 1.29 bits per heavy atom. The van der Waals surface area contributed by atoms with Gasteiger partial charge in [-0.2, -0.15) is 10.3 Å². The van der Waals surface area contributed by atoms with Gasteiger partial charge >= 0.3 is 11.9 Å². The van der Waals surface area contributed by atoms with Crippen molar-refractivity contribution in [3.05, 3.63) is 41.6 Å². The number of rotatable bonds is 3. The summed E-state index contributed by atoms with van der Waals surface area (Å²) in [6.45, 7) is 0. The zero-order valence-corrected chi connectivity index (χ0v) is 8.45. The van der Waals surface area contributed by atoms with E-state index in [0.29, 0.717) is 0 Å². The lowest BCUT2D eigenvalue weighted by Gasteiger charge is -2.01. The summed E-state index contributed by atoms with van der Waals surface area (Å²) in [6.07, 6.45) is 1.24. The van der Waals surface area contributed by atoms with Crippen molar-refractivity contribution in [2.24, 2.45) is 0 Å². The Morgan fingerprint density at radius 3 is 2.71 bits per heavy atom. The van der Waals surface area contributed by atoms with Crippen molar-refractivity contribution in [3.8, 4) is 5.88 Å². The van der Waals surface area contributed by atoms with Crippen LogP contribution in [0.3, 0.4) is 0 Å². The number of hydrogen-bond acceptors (Lipinski definition) is 5. The number of carbonyl (C=O) groups is 2. The molecule has 1 heterocycles. The van der Waals surface area contributed by atoms with Crippen LogP contribution in [0.15, 0.2) is 30.5 Å². The van der Waals surface area contributed by atoms with E-state index in [1.54, 1.807) is 0 Å². The second kappa shape index (κ2) is 4.44. The first-order chi connectivity index (χ1) is 8.16. The molecule has 0 spiro atoms. The van der Waals surface area contributed by atoms with E-state index in [2.05, 4.69) is 15.4 Å². The number of hydrogen-bond donors (Lipinski definition) is 2. The Kier molecular flexibility index (Phi) is 2.82. The van der Waals surface area contributed by atoms with E-state index in [1.807, 2.05) is 0 Å². The van der Waals surface area contributed by atoms with Crippen LogP contribution in [0.5, 0.6) is 5.88 Å². The first-order valence-corrected chi connectivity index (χ1v) is 4.58. The Balaban J connectivity index is 2.19. The van der Waals surface area contributed by atoms with Crippen LogP contribution >= 0.6 is 0 Å². The maximum Gasteiger partial charge on any atom is 0.344 e. The third-order valence-electron chi connectivity index (χ3n) is 1.94. The van der Waals surface area contributed by atoms with Gasteiger partial charge in [-0.1, -0.05) is 6.07 Å². The molecule has 7 heteroatoms. The molecule has 0 atom stereocenters.